The number of ether oxygens (including phenoxy) is 1. The van der Waals surface area contributed by atoms with Crippen molar-refractivity contribution in [1.29, 1.82) is 0 Å². The SMILES string of the molecule is Cc1cc(Br)c2c(c1)c(=O)oc(=O)n2CCCOc1ccc2ccccc2c1. The molecule has 0 N–H and O–H groups in total. The number of hydrogen-bond acceptors (Lipinski definition) is 4. The molecule has 4 rings (SSSR count). The Morgan fingerprint density at radius 3 is 2.64 bits per heavy atom. The molecule has 0 saturated heterocycles. The molecule has 1 aromatic heterocycles. The van der Waals surface area contributed by atoms with Crippen LogP contribution in [0, 0.1) is 6.92 Å². The van der Waals surface area contributed by atoms with Gasteiger partial charge in [0, 0.05) is 11.0 Å². The van der Waals surface area contributed by atoms with Crippen molar-refractivity contribution in [2.24, 2.45) is 0 Å². The first kappa shape index (κ1) is 18.5. The van der Waals surface area contributed by atoms with E-state index in [1.165, 1.54) is 4.57 Å². The molecule has 0 fully saturated rings. The Labute approximate surface area is 169 Å². The zero-order valence-electron chi connectivity index (χ0n) is 15.3. The van der Waals surface area contributed by atoms with Crippen LogP contribution in [0.5, 0.6) is 5.75 Å². The van der Waals surface area contributed by atoms with Crippen molar-refractivity contribution in [2.45, 2.75) is 19.9 Å². The first-order valence-corrected chi connectivity index (χ1v) is 9.77. The van der Waals surface area contributed by atoms with Gasteiger partial charge in [-0.05, 0) is 69.9 Å². The molecule has 0 saturated carbocycles. The third-order valence-electron chi connectivity index (χ3n) is 4.61. The summed E-state index contributed by atoms with van der Waals surface area (Å²) in [6.07, 6.45) is 0.593. The van der Waals surface area contributed by atoms with Gasteiger partial charge in [0.1, 0.15) is 5.75 Å². The summed E-state index contributed by atoms with van der Waals surface area (Å²) in [6.45, 7) is 2.71. The lowest BCUT2D eigenvalue weighted by Crippen LogP contribution is -2.26. The van der Waals surface area contributed by atoms with Gasteiger partial charge in [0.05, 0.1) is 17.5 Å². The van der Waals surface area contributed by atoms with Crippen LogP contribution in [0.1, 0.15) is 12.0 Å². The maximum Gasteiger partial charge on any atom is 0.422 e. The zero-order valence-corrected chi connectivity index (χ0v) is 16.9. The lowest BCUT2D eigenvalue weighted by molar-refractivity contribution is 0.297. The van der Waals surface area contributed by atoms with Crippen molar-refractivity contribution in [3.8, 4) is 5.75 Å². The lowest BCUT2D eigenvalue weighted by Gasteiger charge is -2.11. The number of benzene rings is 3. The number of aromatic nitrogens is 1. The predicted octanol–water partition coefficient (Wildman–Crippen LogP) is 4.65. The van der Waals surface area contributed by atoms with Gasteiger partial charge in [0.25, 0.3) is 0 Å². The van der Waals surface area contributed by atoms with Crippen LogP contribution in [-0.2, 0) is 6.54 Å². The summed E-state index contributed by atoms with van der Waals surface area (Å²) in [6, 6.07) is 17.7. The molecular weight excluding hydrogens is 422 g/mol. The summed E-state index contributed by atoms with van der Waals surface area (Å²) in [7, 11) is 0. The van der Waals surface area contributed by atoms with Crippen LogP contribution in [0.3, 0.4) is 0 Å². The second kappa shape index (κ2) is 7.64. The molecule has 5 nitrogen and oxygen atoms in total. The lowest BCUT2D eigenvalue weighted by atomic mass is 10.1. The highest BCUT2D eigenvalue weighted by atomic mass is 79.9. The highest BCUT2D eigenvalue weighted by molar-refractivity contribution is 9.10. The molecule has 0 spiro atoms. The van der Waals surface area contributed by atoms with E-state index in [4.69, 9.17) is 9.15 Å². The quantitative estimate of drug-likeness (QED) is 0.424. The van der Waals surface area contributed by atoms with Gasteiger partial charge in [-0.1, -0.05) is 30.3 Å². The van der Waals surface area contributed by atoms with Gasteiger partial charge < -0.3 is 9.15 Å². The van der Waals surface area contributed by atoms with Crippen LogP contribution in [-0.4, -0.2) is 11.2 Å². The molecular formula is C22H18BrNO4. The van der Waals surface area contributed by atoms with E-state index < -0.39 is 11.4 Å². The molecule has 0 atom stereocenters. The van der Waals surface area contributed by atoms with Crippen molar-refractivity contribution in [3.05, 3.63) is 85.6 Å². The summed E-state index contributed by atoms with van der Waals surface area (Å²) in [4.78, 5) is 24.3. The van der Waals surface area contributed by atoms with E-state index in [1.54, 1.807) is 6.07 Å². The standard InChI is InChI=1S/C22H18BrNO4/c1-14-11-18-20(19(23)12-14)24(22(26)28-21(18)25)9-4-10-27-17-8-7-15-5-2-3-6-16(15)13-17/h2-3,5-8,11-13H,4,9-10H2,1H3. The van der Waals surface area contributed by atoms with Crippen LogP contribution in [0.15, 0.2) is 73.1 Å². The van der Waals surface area contributed by atoms with E-state index in [2.05, 4.69) is 22.0 Å². The fraction of sp³-hybridized carbons (Fsp3) is 0.182. The Morgan fingerprint density at radius 1 is 1.04 bits per heavy atom. The molecule has 4 aromatic rings. The highest BCUT2D eigenvalue weighted by Gasteiger charge is 2.13. The van der Waals surface area contributed by atoms with Gasteiger partial charge in [-0.3, -0.25) is 4.57 Å². The minimum absolute atomic E-state index is 0.383. The van der Waals surface area contributed by atoms with Gasteiger partial charge >= 0.3 is 11.4 Å². The van der Waals surface area contributed by atoms with Crippen molar-refractivity contribution in [3.63, 3.8) is 0 Å². The van der Waals surface area contributed by atoms with Crippen LogP contribution in [0.25, 0.3) is 21.7 Å². The van der Waals surface area contributed by atoms with Crippen molar-refractivity contribution < 1.29 is 9.15 Å². The molecule has 1 heterocycles. The van der Waals surface area contributed by atoms with E-state index in [-0.39, 0.29) is 0 Å². The van der Waals surface area contributed by atoms with E-state index in [1.807, 2.05) is 49.4 Å². The molecule has 6 heteroatoms. The highest BCUT2D eigenvalue weighted by Crippen LogP contribution is 2.23. The average Bonchev–Trinajstić information content (AvgIpc) is 2.67. The molecule has 0 bridgehead atoms. The number of hydrogen-bond donors (Lipinski definition) is 0. The monoisotopic (exact) mass is 439 g/mol. The average molecular weight is 440 g/mol. The minimum Gasteiger partial charge on any atom is -0.494 e. The second-order valence-corrected chi connectivity index (χ2v) is 7.52. The van der Waals surface area contributed by atoms with Crippen LogP contribution in [0.2, 0.25) is 0 Å². The van der Waals surface area contributed by atoms with E-state index in [0.717, 1.165) is 22.1 Å². The maximum absolute atomic E-state index is 12.2. The Hall–Kier alpha value is -2.86. The Morgan fingerprint density at radius 2 is 1.82 bits per heavy atom. The van der Waals surface area contributed by atoms with Crippen molar-refractivity contribution in [2.75, 3.05) is 6.61 Å². The van der Waals surface area contributed by atoms with E-state index in [0.29, 0.717) is 34.9 Å². The molecule has 3 aromatic carbocycles. The molecule has 0 aliphatic heterocycles. The minimum atomic E-state index is -0.659. The molecule has 0 aliphatic carbocycles. The fourth-order valence-electron chi connectivity index (χ4n) is 3.32. The van der Waals surface area contributed by atoms with Crippen molar-refractivity contribution >= 4 is 37.6 Å². The summed E-state index contributed by atoms with van der Waals surface area (Å²) in [5.41, 5.74) is 0.849. The summed E-state index contributed by atoms with van der Waals surface area (Å²) < 4.78 is 12.9. The predicted molar refractivity (Wildman–Crippen MR) is 113 cm³/mol. The van der Waals surface area contributed by atoms with Crippen LogP contribution >= 0.6 is 15.9 Å². The van der Waals surface area contributed by atoms with Gasteiger partial charge in [-0.2, -0.15) is 0 Å². The number of nitrogens with zero attached hydrogens (tertiary/aromatic N) is 1. The van der Waals surface area contributed by atoms with E-state index >= 15 is 0 Å². The van der Waals surface area contributed by atoms with Crippen LogP contribution < -0.4 is 16.1 Å². The summed E-state index contributed by atoms with van der Waals surface area (Å²) in [5, 5.41) is 2.67. The van der Waals surface area contributed by atoms with Gasteiger partial charge in [-0.25, -0.2) is 9.59 Å². The normalized spacial score (nSPS) is 11.2. The molecule has 0 unspecified atom stereocenters. The molecule has 142 valence electrons. The Bertz CT molecular complexity index is 1290. The Kier molecular flexibility index (Phi) is 5.05. The van der Waals surface area contributed by atoms with E-state index in [9.17, 15) is 9.59 Å². The fourth-order valence-corrected chi connectivity index (χ4v) is 4.11. The van der Waals surface area contributed by atoms with Crippen LogP contribution in [0.4, 0.5) is 0 Å². The molecule has 0 radical (unpaired) electrons. The second-order valence-electron chi connectivity index (χ2n) is 6.66. The first-order valence-electron chi connectivity index (χ1n) is 8.98. The topological polar surface area (TPSA) is 61.4 Å². The number of rotatable bonds is 5. The number of aryl methyl sites for hydroxylation is 2. The zero-order chi connectivity index (χ0) is 19.7. The smallest absolute Gasteiger partial charge is 0.422 e. The third-order valence-corrected chi connectivity index (χ3v) is 5.22. The molecule has 0 amide bonds. The van der Waals surface area contributed by atoms with Crippen molar-refractivity contribution in [1.82, 2.24) is 4.57 Å². The van der Waals surface area contributed by atoms with Gasteiger partial charge in [0.2, 0.25) is 0 Å². The van der Waals surface area contributed by atoms with Gasteiger partial charge in [0.15, 0.2) is 0 Å². The number of halogens is 1. The molecule has 0 aliphatic rings. The first-order chi connectivity index (χ1) is 13.5. The third kappa shape index (κ3) is 3.60. The summed E-state index contributed by atoms with van der Waals surface area (Å²) in [5.74, 6) is 0.125. The number of fused-ring (bicyclic) bond motifs is 2. The Balaban J connectivity index is 1.52. The van der Waals surface area contributed by atoms with Gasteiger partial charge in [-0.15, -0.1) is 0 Å². The molecule has 28 heavy (non-hydrogen) atoms. The summed E-state index contributed by atoms with van der Waals surface area (Å²) >= 11 is 3.46. The maximum atomic E-state index is 12.2. The largest absolute Gasteiger partial charge is 0.494 e.